The van der Waals surface area contributed by atoms with Crippen LogP contribution >= 0.6 is 0 Å². The van der Waals surface area contributed by atoms with Gasteiger partial charge in [0.25, 0.3) is 5.91 Å². The zero-order chi connectivity index (χ0) is 17.6. The number of hydrazone groups is 1. The third-order valence-electron chi connectivity index (χ3n) is 3.87. The zero-order valence-electron chi connectivity index (χ0n) is 14.2. The van der Waals surface area contributed by atoms with Crippen molar-refractivity contribution in [3.05, 3.63) is 59.7 Å². The molecule has 2 aromatic carbocycles. The summed E-state index contributed by atoms with van der Waals surface area (Å²) in [5.74, 6) is 1.07. The molecule has 3 rings (SSSR count). The Balaban J connectivity index is 1.71. The Kier molecular flexibility index (Phi) is 5.30. The summed E-state index contributed by atoms with van der Waals surface area (Å²) in [6.07, 6.45) is -0.710. The molecule has 0 saturated heterocycles. The van der Waals surface area contributed by atoms with Crippen LogP contribution in [0.5, 0.6) is 11.5 Å². The molecule has 6 heteroatoms. The van der Waals surface area contributed by atoms with E-state index in [0.717, 1.165) is 16.9 Å². The summed E-state index contributed by atoms with van der Waals surface area (Å²) in [6, 6.07) is 14.9. The van der Waals surface area contributed by atoms with Crippen LogP contribution in [-0.2, 0) is 9.53 Å². The van der Waals surface area contributed by atoms with Crippen molar-refractivity contribution >= 4 is 11.6 Å². The van der Waals surface area contributed by atoms with E-state index in [9.17, 15) is 4.79 Å². The van der Waals surface area contributed by atoms with Crippen LogP contribution in [-0.4, -0.2) is 31.9 Å². The van der Waals surface area contributed by atoms with Crippen molar-refractivity contribution in [1.82, 2.24) is 5.43 Å². The van der Waals surface area contributed by atoms with Gasteiger partial charge in [0, 0.05) is 12.7 Å². The molecule has 1 N–H and O–H groups in total. The van der Waals surface area contributed by atoms with Crippen LogP contribution in [0.1, 0.15) is 24.2 Å². The monoisotopic (exact) mass is 340 g/mol. The number of nitrogens with one attached hydrogen (secondary N) is 1. The first-order chi connectivity index (χ1) is 12.2. The van der Waals surface area contributed by atoms with Crippen LogP contribution in [0.25, 0.3) is 0 Å². The summed E-state index contributed by atoms with van der Waals surface area (Å²) in [5, 5.41) is 4.18. The van der Waals surface area contributed by atoms with E-state index in [1.165, 1.54) is 7.11 Å². The lowest BCUT2D eigenvalue weighted by Crippen LogP contribution is -2.27. The number of fused-ring (bicyclic) bond motifs is 1. The van der Waals surface area contributed by atoms with Gasteiger partial charge in [0.05, 0.1) is 5.71 Å². The standard InChI is InChI=1S/C19H20N2O4/c1-13(15-8-9-16-17(12-15)25-11-10-24-16)20-21-19(22)18(23-2)14-6-4-3-5-7-14/h3-9,12,18H,10-11H2,1-2H3,(H,21,22)/b20-13-/t18-/m1/s1. The summed E-state index contributed by atoms with van der Waals surface area (Å²) in [5.41, 5.74) is 4.84. The third-order valence-corrected chi connectivity index (χ3v) is 3.87. The van der Waals surface area contributed by atoms with Gasteiger partial charge in [-0.15, -0.1) is 0 Å². The SMILES string of the molecule is CO[C@@H](C(=O)N/N=C(/C)c1ccc2c(c1)OCCO2)c1ccccc1. The largest absolute Gasteiger partial charge is 0.486 e. The highest BCUT2D eigenvalue weighted by Crippen LogP contribution is 2.30. The maximum atomic E-state index is 12.4. The Labute approximate surface area is 146 Å². The van der Waals surface area contributed by atoms with Crippen LogP contribution in [0, 0.1) is 0 Å². The summed E-state index contributed by atoms with van der Waals surface area (Å²) in [4.78, 5) is 12.4. The topological polar surface area (TPSA) is 69.2 Å². The fourth-order valence-corrected chi connectivity index (χ4v) is 2.55. The smallest absolute Gasteiger partial charge is 0.273 e. The van der Waals surface area contributed by atoms with Gasteiger partial charge in [-0.1, -0.05) is 30.3 Å². The average molecular weight is 340 g/mol. The van der Waals surface area contributed by atoms with Crippen LogP contribution in [0.3, 0.4) is 0 Å². The van der Waals surface area contributed by atoms with Gasteiger partial charge in [-0.05, 0) is 30.7 Å². The number of carbonyl (C=O) groups excluding carboxylic acids is 1. The fraction of sp³-hybridized carbons (Fsp3) is 0.263. The number of hydrogen-bond acceptors (Lipinski definition) is 5. The molecule has 0 aromatic heterocycles. The van der Waals surface area contributed by atoms with Gasteiger partial charge in [0.1, 0.15) is 13.2 Å². The molecule has 0 spiro atoms. The Hall–Kier alpha value is -2.86. The average Bonchev–Trinajstić information content (AvgIpc) is 2.67. The van der Waals surface area contributed by atoms with E-state index >= 15 is 0 Å². The number of methoxy groups -OCH3 is 1. The molecule has 0 saturated carbocycles. The molecule has 25 heavy (non-hydrogen) atoms. The molecule has 1 heterocycles. The summed E-state index contributed by atoms with van der Waals surface area (Å²) >= 11 is 0. The molecule has 0 radical (unpaired) electrons. The Bertz CT molecular complexity index is 774. The third kappa shape index (κ3) is 3.97. The predicted molar refractivity (Wildman–Crippen MR) is 94.0 cm³/mol. The first kappa shape index (κ1) is 17.0. The summed E-state index contributed by atoms with van der Waals surface area (Å²) in [6.45, 7) is 2.89. The first-order valence-corrected chi connectivity index (χ1v) is 8.01. The molecular formula is C19H20N2O4. The normalized spacial score (nSPS) is 14.7. The van der Waals surface area contributed by atoms with Crippen molar-refractivity contribution in [2.75, 3.05) is 20.3 Å². The van der Waals surface area contributed by atoms with Crippen LogP contribution in [0.4, 0.5) is 0 Å². The van der Waals surface area contributed by atoms with Gasteiger partial charge >= 0.3 is 0 Å². The molecule has 2 aromatic rings. The maximum absolute atomic E-state index is 12.4. The van der Waals surface area contributed by atoms with Gasteiger partial charge in [-0.2, -0.15) is 5.10 Å². The molecule has 1 aliphatic heterocycles. The first-order valence-electron chi connectivity index (χ1n) is 8.01. The lowest BCUT2D eigenvalue weighted by Gasteiger charge is -2.19. The molecule has 1 amide bonds. The van der Waals surface area contributed by atoms with Crippen molar-refractivity contribution < 1.29 is 19.0 Å². The number of carbonyl (C=O) groups is 1. The zero-order valence-corrected chi connectivity index (χ0v) is 14.2. The number of hydrogen-bond donors (Lipinski definition) is 1. The number of nitrogens with zero attached hydrogens (tertiary/aromatic N) is 1. The minimum Gasteiger partial charge on any atom is -0.486 e. The Morgan fingerprint density at radius 2 is 1.84 bits per heavy atom. The minimum absolute atomic E-state index is 0.328. The van der Waals surface area contributed by atoms with Gasteiger partial charge in [-0.25, -0.2) is 5.43 Å². The van der Waals surface area contributed by atoms with Crippen LogP contribution in [0.15, 0.2) is 53.6 Å². The van der Waals surface area contributed by atoms with E-state index in [4.69, 9.17) is 14.2 Å². The molecule has 0 fully saturated rings. The molecular weight excluding hydrogens is 320 g/mol. The van der Waals surface area contributed by atoms with E-state index in [1.807, 2.05) is 55.5 Å². The Morgan fingerprint density at radius 3 is 2.56 bits per heavy atom. The van der Waals surface area contributed by atoms with Gasteiger partial charge in [0.2, 0.25) is 0 Å². The molecule has 0 aliphatic carbocycles. The lowest BCUT2D eigenvalue weighted by atomic mass is 10.1. The fourth-order valence-electron chi connectivity index (χ4n) is 2.55. The predicted octanol–water partition coefficient (Wildman–Crippen LogP) is 2.69. The quantitative estimate of drug-likeness (QED) is 0.671. The maximum Gasteiger partial charge on any atom is 0.273 e. The number of amides is 1. The highest BCUT2D eigenvalue weighted by Gasteiger charge is 2.19. The van der Waals surface area contributed by atoms with Crippen molar-refractivity contribution in [2.45, 2.75) is 13.0 Å². The van der Waals surface area contributed by atoms with Crippen molar-refractivity contribution in [3.63, 3.8) is 0 Å². The number of rotatable bonds is 5. The van der Waals surface area contributed by atoms with Crippen LogP contribution < -0.4 is 14.9 Å². The van der Waals surface area contributed by atoms with E-state index in [1.54, 1.807) is 0 Å². The second-order valence-corrected chi connectivity index (χ2v) is 5.56. The van der Waals surface area contributed by atoms with Crippen molar-refractivity contribution in [3.8, 4) is 11.5 Å². The van der Waals surface area contributed by atoms with Gasteiger partial charge in [-0.3, -0.25) is 4.79 Å². The van der Waals surface area contributed by atoms with E-state index in [-0.39, 0.29) is 5.91 Å². The summed E-state index contributed by atoms with van der Waals surface area (Å²) in [7, 11) is 1.49. The highest BCUT2D eigenvalue weighted by atomic mass is 16.6. The van der Waals surface area contributed by atoms with Crippen molar-refractivity contribution in [1.29, 1.82) is 0 Å². The second kappa shape index (κ2) is 7.81. The molecule has 1 atom stereocenters. The second-order valence-electron chi connectivity index (χ2n) is 5.56. The van der Waals surface area contributed by atoms with Gasteiger partial charge < -0.3 is 14.2 Å². The van der Waals surface area contributed by atoms with E-state index in [0.29, 0.717) is 24.7 Å². The highest BCUT2D eigenvalue weighted by molar-refractivity contribution is 6.00. The van der Waals surface area contributed by atoms with E-state index in [2.05, 4.69) is 10.5 Å². The van der Waals surface area contributed by atoms with Crippen molar-refractivity contribution in [2.24, 2.45) is 5.10 Å². The molecule has 0 bridgehead atoms. The number of ether oxygens (including phenoxy) is 3. The molecule has 0 unspecified atom stereocenters. The molecule has 1 aliphatic rings. The van der Waals surface area contributed by atoms with E-state index < -0.39 is 6.10 Å². The summed E-state index contributed by atoms with van der Waals surface area (Å²) < 4.78 is 16.4. The molecule has 130 valence electrons. The van der Waals surface area contributed by atoms with Crippen LogP contribution in [0.2, 0.25) is 0 Å². The minimum atomic E-state index is -0.710. The lowest BCUT2D eigenvalue weighted by molar-refractivity contribution is -0.131. The Morgan fingerprint density at radius 1 is 1.12 bits per heavy atom. The number of benzene rings is 2. The molecule has 6 nitrogen and oxygen atoms in total. The van der Waals surface area contributed by atoms with Gasteiger partial charge in [0.15, 0.2) is 17.6 Å².